The van der Waals surface area contributed by atoms with Gasteiger partial charge >= 0.3 is 0 Å². The van der Waals surface area contributed by atoms with Crippen molar-refractivity contribution in [2.75, 3.05) is 13.1 Å². The van der Waals surface area contributed by atoms with Crippen molar-refractivity contribution in [2.45, 2.75) is 167 Å². The van der Waals surface area contributed by atoms with Gasteiger partial charge in [0, 0.05) is 99.4 Å². The van der Waals surface area contributed by atoms with E-state index in [1.807, 2.05) is 94.7 Å². The third kappa shape index (κ3) is 12.3. The maximum atomic E-state index is 14.2. The number of fused-ring (bicyclic) bond motifs is 2. The Morgan fingerprint density at radius 2 is 1.23 bits per heavy atom. The van der Waals surface area contributed by atoms with Crippen molar-refractivity contribution < 1.29 is 0 Å². The third-order valence-electron chi connectivity index (χ3n) is 19.1. The molecule has 9 aromatic rings. The number of nitrogens with one attached hydrogen (secondary N) is 3. The molecule has 90 heavy (non-hydrogen) atoms. The number of H-pyrrole nitrogens is 2. The summed E-state index contributed by atoms with van der Waals surface area (Å²) in [4.78, 5) is 48.0. The van der Waals surface area contributed by atoms with Gasteiger partial charge in [-0.3, -0.25) is 23.6 Å². The van der Waals surface area contributed by atoms with Crippen LogP contribution in [0.15, 0.2) is 125 Å². The molecule has 0 bridgehead atoms. The highest BCUT2D eigenvalue weighted by atomic mass is 16.1. The smallest absolute Gasteiger partial charge is 0.280 e. The van der Waals surface area contributed by atoms with Gasteiger partial charge in [-0.2, -0.15) is 20.7 Å². The Bertz CT molecular complexity index is 4520. The van der Waals surface area contributed by atoms with E-state index in [1.165, 1.54) is 55.9 Å². The van der Waals surface area contributed by atoms with E-state index in [9.17, 15) is 20.1 Å². The number of nitrogens with zero attached hydrogens (tertiary/aromatic N) is 9. The van der Waals surface area contributed by atoms with Crippen molar-refractivity contribution in [1.29, 1.82) is 10.5 Å². The Kier molecular flexibility index (Phi) is 16.6. The Labute approximate surface area is 525 Å². The van der Waals surface area contributed by atoms with Crippen molar-refractivity contribution >= 4 is 27.5 Å². The van der Waals surface area contributed by atoms with Crippen LogP contribution in [0.2, 0.25) is 0 Å². The first-order valence-electron chi connectivity index (χ1n) is 32.6. The van der Waals surface area contributed by atoms with Gasteiger partial charge in [-0.1, -0.05) is 32.4 Å². The standard InChI is InChI=1S/C36H35N7O.C36H39N7O.C2H6/c1-21-10-13-39-42-33(21)28-14-22(18-37)4-9-27(28)25-15-31(24-7-8-24)41-32(16-25)43-20-30(23-5-6-23)29-17-26(40-34(29)35(43)44)19-38-36(2)11-3-12-36;1-22(11-12-37)34(39)29-15-23(19-38)5-10-28(29)26-16-32(25-8-9-25)41-33(17-26)43-21-31(24-6-7-24)30-18-27(40-35(30)36(43)44)20-42-13-3-2-4-14-42;1-2/h4,9-10,13-17,20,23-24,38,40H,3,5-8,11-12,19H2,1-2H3;5,10-12,15-18,21,24-25,40H,2-4,6-9,13-14,20,37,39H2,1H3;1-2H3/b;12-11-,34-22-;. The van der Waals surface area contributed by atoms with E-state index in [4.69, 9.17) is 21.4 Å². The van der Waals surface area contributed by atoms with Gasteiger partial charge in [0.25, 0.3) is 11.1 Å². The van der Waals surface area contributed by atoms with Crippen LogP contribution in [0.4, 0.5) is 0 Å². The lowest BCUT2D eigenvalue weighted by molar-refractivity contribution is 0.206. The topological polar surface area (TPSA) is 242 Å². The number of aromatic amines is 2. The number of aryl methyl sites for hydroxylation is 1. The summed E-state index contributed by atoms with van der Waals surface area (Å²) in [7, 11) is 0. The summed E-state index contributed by atoms with van der Waals surface area (Å²) in [5.41, 5.74) is 29.7. The molecule has 0 atom stereocenters. The Balaban J connectivity index is 0.000000161. The molecule has 0 spiro atoms. The quantitative estimate of drug-likeness (QED) is 0.0568. The summed E-state index contributed by atoms with van der Waals surface area (Å²) < 4.78 is 3.50. The number of nitriles is 2. The molecule has 16 nitrogen and oxygen atoms in total. The molecule has 2 aromatic carbocycles. The van der Waals surface area contributed by atoms with Crippen LogP contribution in [0, 0.1) is 29.6 Å². The van der Waals surface area contributed by atoms with Crippen LogP contribution in [0.5, 0.6) is 0 Å². The van der Waals surface area contributed by atoms with Crippen LogP contribution < -0.4 is 27.9 Å². The molecule has 6 aliphatic rings. The van der Waals surface area contributed by atoms with Crippen molar-refractivity contribution in [3.05, 3.63) is 192 Å². The van der Waals surface area contributed by atoms with Gasteiger partial charge in [0.1, 0.15) is 22.7 Å². The summed E-state index contributed by atoms with van der Waals surface area (Å²) >= 11 is 0. The molecule has 0 radical (unpaired) electrons. The SMILES string of the molecule is CC.CC(/C=C\N)=C(/N)c1cc(C#N)ccc1-c1cc(C2CC2)nc(-n2cc(C3CC3)c3cc(CN4CCCCC4)[nH]c3c2=O)c1.Cc1ccnnc1-c1cc(C#N)ccc1-c1cc(C2CC2)nc(-n2cc(C3CC3)c3cc(CNC4(C)CCC4)[nH]c3c2=O)c1. The maximum absolute atomic E-state index is 14.2. The van der Waals surface area contributed by atoms with Crippen LogP contribution in [0.3, 0.4) is 0 Å². The zero-order valence-corrected chi connectivity index (χ0v) is 52.4. The molecule has 8 heterocycles. The molecule has 6 fully saturated rings. The monoisotopic (exact) mass is 1200 g/mol. The van der Waals surface area contributed by atoms with Gasteiger partial charge in [-0.05, 0) is 253 Å². The van der Waals surface area contributed by atoms with Crippen LogP contribution >= 0.6 is 0 Å². The fourth-order valence-electron chi connectivity index (χ4n) is 13.2. The first-order valence-corrected chi connectivity index (χ1v) is 32.6. The summed E-state index contributed by atoms with van der Waals surface area (Å²) in [6.07, 6.45) is 25.3. The minimum Gasteiger partial charge on any atom is -0.405 e. The molecule has 15 rings (SSSR count). The fraction of sp³-hybridized carbons (Fsp3) is 0.378. The van der Waals surface area contributed by atoms with E-state index in [1.54, 1.807) is 21.4 Å². The van der Waals surface area contributed by atoms with Gasteiger partial charge in [0.05, 0.1) is 29.0 Å². The minimum atomic E-state index is -0.0817. The van der Waals surface area contributed by atoms with Gasteiger partial charge in [-0.25, -0.2) is 9.97 Å². The average Bonchev–Trinajstić information content (AvgIpc) is 1.45. The number of piperidine rings is 1. The number of allylic oxidation sites excluding steroid dienone is 2. The molecule has 7 N–H and O–H groups in total. The molecule has 16 heteroatoms. The number of aromatic nitrogens is 8. The summed E-state index contributed by atoms with van der Waals surface area (Å²) in [6, 6.07) is 30.3. The summed E-state index contributed by atoms with van der Waals surface area (Å²) in [5, 5.41) is 33.7. The Hall–Kier alpha value is -9.22. The van der Waals surface area contributed by atoms with E-state index < -0.39 is 0 Å². The molecule has 458 valence electrons. The van der Waals surface area contributed by atoms with Crippen molar-refractivity contribution in [2.24, 2.45) is 11.5 Å². The van der Waals surface area contributed by atoms with E-state index >= 15 is 0 Å². The predicted octanol–water partition coefficient (Wildman–Crippen LogP) is 14.0. The zero-order chi connectivity index (χ0) is 62.4. The van der Waals surface area contributed by atoms with Crippen LogP contribution in [-0.2, 0) is 13.1 Å². The van der Waals surface area contributed by atoms with Gasteiger partial charge in [0.2, 0.25) is 0 Å². The number of rotatable bonds is 16. The van der Waals surface area contributed by atoms with Gasteiger partial charge in [0.15, 0.2) is 0 Å². The number of pyridine rings is 4. The lowest BCUT2D eigenvalue weighted by Crippen LogP contribution is -2.47. The number of likely N-dealkylation sites (tertiary alicyclic amines) is 1. The average molecular weight is 1200 g/mol. The third-order valence-corrected chi connectivity index (χ3v) is 19.1. The molecule has 0 unspecified atom stereocenters. The highest BCUT2D eigenvalue weighted by molar-refractivity contribution is 5.88. The number of hydrogen-bond acceptors (Lipinski definition) is 12. The van der Waals surface area contributed by atoms with Gasteiger partial charge in [-0.15, -0.1) is 0 Å². The number of nitrogens with two attached hydrogens (primary N) is 2. The maximum Gasteiger partial charge on any atom is 0.280 e. The molecule has 0 amide bonds. The van der Waals surface area contributed by atoms with E-state index in [0.717, 1.165) is 161 Å². The lowest BCUT2D eigenvalue weighted by Gasteiger charge is -2.39. The molecule has 1 saturated heterocycles. The second-order valence-electron chi connectivity index (χ2n) is 25.9. The minimum absolute atomic E-state index is 0.0796. The predicted molar refractivity (Wildman–Crippen MR) is 357 cm³/mol. The first kappa shape index (κ1) is 59.7. The zero-order valence-electron chi connectivity index (χ0n) is 52.4. The largest absolute Gasteiger partial charge is 0.405 e. The summed E-state index contributed by atoms with van der Waals surface area (Å²) in [6.45, 7) is 14.0. The van der Waals surface area contributed by atoms with Crippen LogP contribution in [-0.4, -0.2) is 62.8 Å². The molecular formula is C74H80N14O2. The number of benzene rings is 2. The second kappa shape index (κ2) is 25.0. The lowest BCUT2D eigenvalue weighted by atomic mass is 9.78. The summed E-state index contributed by atoms with van der Waals surface area (Å²) in [5.74, 6) is 2.91. The second-order valence-corrected chi connectivity index (χ2v) is 25.9. The Morgan fingerprint density at radius 1 is 0.689 bits per heavy atom. The molecule has 5 saturated carbocycles. The molecular weight excluding hydrogens is 1120 g/mol. The van der Waals surface area contributed by atoms with Gasteiger partial charge < -0.3 is 26.8 Å². The Morgan fingerprint density at radius 3 is 1.77 bits per heavy atom. The van der Waals surface area contributed by atoms with E-state index in [2.05, 4.69) is 73.7 Å². The van der Waals surface area contributed by atoms with Crippen LogP contribution in [0.25, 0.3) is 72.6 Å². The number of hydrogen-bond donors (Lipinski definition) is 5. The van der Waals surface area contributed by atoms with Crippen molar-refractivity contribution in [1.82, 2.24) is 49.5 Å². The van der Waals surface area contributed by atoms with Crippen LogP contribution in [0.1, 0.15) is 197 Å². The first-order chi connectivity index (χ1) is 43.8. The fourth-order valence-corrected chi connectivity index (χ4v) is 13.2. The van der Waals surface area contributed by atoms with Crippen molar-refractivity contribution in [3.63, 3.8) is 0 Å². The van der Waals surface area contributed by atoms with E-state index in [0.29, 0.717) is 63.2 Å². The van der Waals surface area contributed by atoms with E-state index in [-0.39, 0.29) is 16.7 Å². The van der Waals surface area contributed by atoms with Crippen molar-refractivity contribution in [3.8, 4) is 57.3 Å². The highest BCUT2D eigenvalue weighted by Gasteiger charge is 2.34. The highest BCUT2D eigenvalue weighted by Crippen LogP contribution is 2.47. The normalized spacial score (nSPS) is 17.4. The molecule has 1 aliphatic heterocycles. The molecule has 5 aliphatic carbocycles. The molecule has 7 aromatic heterocycles.